The van der Waals surface area contributed by atoms with Gasteiger partial charge in [-0.25, -0.2) is 0 Å². The number of thiophene rings is 1. The molecular formula is C18H16ClNOS. The van der Waals surface area contributed by atoms with Crippen LogP contribution in [-0.2, 0) is 4.79 Å². The molecule has 4 rings (SSSR count). The molecule has 2 aromatic rings. The van der Waals surface area contributed by atoms with Crippen molar-refractivity contribution in [2.45, 2.75) is 31.2 Å². The van der Waals surface area contributed by atoms with Gasteiger partial charge in [0.25, 0.3) is 0 Å². The molecule has 2 nitrogen and oxygen atoms in total. The lowest BCUT2D eigenvalue weighted by Gasteiger charge is -2.37. The van der Waals surface area contributed by atoms with Gasteiger partial charge >= 0.3 is 0 Å². The Kier molecular flexibility index (Phi) is 3.35. The summed E-state index contributed by atoms with van der Waals surface area (Å²) < 4.78 is 0. The highest BCUT2D eigenvalue weighted by atomic mass is 35.5. The molecule has 0 amide bonds. The van der Waals surface area contributed by atoms with Crippen molar-refractivity contribution in [2.24, 2.45) is 0 Å². The van der Waals surface area contributed by atoms with Gasteiger partial charge in [0.1, 0.15) is 5.54 Å². The molecule has 1 aromatic heterocycles. The van der Waals surface area contributed by atoms with E-state index < -0.39 is 5.54 Å². The monoisotopic (exact) mass is 329 g/mol. The Morgan fingerprint density at radius 1 is 1.18 bits per heavy atom. The third-order valence-corrected chi connectivity index (χ3v) is 5.63. The first kappa shape index (κ1) is 14.0. The Labute approximate surface area is 139 Å². The highest BCUT2D eigenvalue weighted by Crippen LogP contribution is 2.48. The first-order valence-electron chi connectivity index (χ1n) is 7.55. The van der Waals surface area contributed by atoms with E-state index in [2.05, 4.69) is 21.7 Å². The number of rotatable bonds is 2. The quantitative estimate of drug-likeness (QED) is 0.760. The summed E-state index contributed by atoms with van der Waals surface area (Å²) in [5.74, 6) is 0.242. The van der Waals surface area contributed by atoms with Gasteiger partial charge in [-0.3, -0.25) is 4.79 Å². The van der Waals surface area contributed by atoms with E-state index >= 15 is 0 Å². The van der Waals surface area contributed by atoms with Crippen LogP contribution in [-0.4, -0.2) is 11.3 Å². The highest BCUT2D eigenvalue weighted by Gasteiger charge is 2.50. The minimum atomic E-state index is -0.401. The van der Waals surface area contributed by atoms with Gasteiger partial charge in [0.15, 0.2) is 5.78 Å². The molecule has 0 unspecified atom stereocenters. The lowest BCUT2D eigenvalue weighted by Crippen LogP contribution is -2.47. The van der Waals surface area contributed by atoms with Gasteiger partial charge in [-0.05, 0) is 42.5 Å². The molecule has 0 radical (unpaired) electrons. The van der Waals surface area contributed by atoms with Gasteiger partial charge in [-0.15, -0.1) is 0 Å². The number of carbonyl (C=O) groups is 1. The Balaban J connectivity index is 1.88. The second-order valence-corrected chi connectivity index (χ2v) is 7.18. The van der Waals surface area contributed by atoms with Crippen molar-refractivity contribution in [1.29, 1.82) is 0 Å². The highest BCUT2D eigenvalue weighted by molar-refractivity contribution is 7.08. The molecule has 1 aliphatic carbocycles. The van der Waals surface area contributed by atoms with E-state index in [4.69, 9.17) is 11.6 Å². The van der Waals surface area contributed by atoms with Crippen molar-refractivity contribution in [3.8, 4) is 0 Å². The lowest BCUT2D eigenvalue weighted by atomic mass is 9.92. The van der Waals surface area contributed by atoms with Crippen LogP contribution in [0.25, 0.3) is 5.70 Å². The molecule has 0 saturated heterocycles. The Morgan fingerprint density at radius 2 is 2.00 bits per heavy atom. The molecule has 1 saturated carbocycles. The Bertz CT molecular complexity index is 744. The molecule has 22 heavy (non-hydrogen) atoms. The molecule has 2 aliphatic rings. The van der Waals surface area contributed by atoms with E-state index in [1.165, 1.54) is 0 Å². The molecule has 1 fully saturated rings. The van der Waals surface area contributed by atoms with Crippen LogP contribution in [0.4, 0.5) is 5.69 Å². The summed E-state index contributed by atoms with van der Waals surface area (Å²) in [5.41, 5.74) is 2.73. The number of ketones is 1. The summed E-state index contributed by atoms with van der Waals surface area (Å²) in [7, 11) is 0. The van der Waals surface area contributed by atoms with Crippen LogP contribution in [0.2, 0.25) is 5.02 Å². The largest absolute Gasteiger partial charge is 0.327 e. The number of anilines is 1. The molecule has 112 valence electrons. The average molecular weight is 330 g/mol. The number of carbonyl (C=O) groups excluding carboxylic acids is 1. The Hall–Kier alpha value is -1.58. The predicted molar refractivity (Wildman–Crippen MR) is 92.4 cm³/mol. The normalized spacial score (nSPS) is 20.0. The van der Waals surface area contributed by atoms with Crippen molar-refractivity contribution in [1.82, 2.24) is 0 Å². The van der Waals surface area contributed by atoms with Gasteiger partial charge in [-0.2, -0.15) is 11.3 Å². The summed E-state index contributed by atoms with van der Waals surface area (Å²) in [6.07, 6.45) is 5.88. The number of nitrogens with zero attached hydrogens (tertiary/aromatic N) is 1. The van der Waals surface area contributed by atoms with Crippen molar-refractivity contribution < 1.29 is 4.79 Å². The number of benzene rings is 1. The van der Waals surface area contributed by atoms with E-state index in [1.54, 1.807) is 11.3 Å². The molecule has 0 N–H and O–H groups in total. The SMILES string of the molecule is O=C1C=C(c2ccsc2)N(c2cccc(Cl)c2)C12CCCC2. The summed E-state index contributed by atoms with van der Waals surface area (Å²) >= 11 is 7.85. The predicted octanol–water partition coefficient (Wildman–Crippen LogP) is 5.14. The smallest absolute Gasteiger partial charge is 0.183 e. The molecule has 4 heteroatoms. The van der Waals surface area contributed by atoms with Gasteiger partial charge in [0.2, 0.25) is 0 Å². The fourth-order valence-corrected chi connectivity index (χ4v) is 4.55. The van der Waals surface area contributed by atoms with Gasteiger partial charge in [-0.1, -0.05) is 30.5 Å². The van der Waals surface area contributed by atoms with E-state index in [-0.39, 0.29) is 5.78 Å². The maximum Gasteiger partial charge on any atom is 0.183 e. The summed E-state index contributed by atoms with van der Waals surface area (Å²) in [4.78, 5) is 15.1. The first-order valence-corrected chi connectivity index (χ1v) is 8.87. The molecular weight excluding hydrogens is 314 g/mol. The number of hydrogen-bond acceptors (Lipinski definition) is 3. The summed E-state index contributed by atoms with van der Waals surface area (Å²) in [6, 6.07) is 9.91. The van der Waals surface area contributed by atoms with E-state index in [0.29, 0.717) is 5.02 Å². The maximum absolute atomic E-state index is 12.8. The number of hydrogen-bond donors (Lipinski definition) is 0. The molecule has 0 atom stereocenters. The molecule has 1 aromatic carbocycles. The minimum absolute atomic E-state index is 0.242. The first-order chi connectivity index (χ1) is 10.7. The second-order valence-electron chi connectivity index (χ2n) is 5.96. The van der Waals surface area contributed by atoms with Crippen molar-refractivity contribution in [3.63, 3.8) is 0 Å². The topological polar surface area (TPSA) is 20.3 Å². The van der Waals surface area contributed by atoms with Gasteiger partial charge in [0, 0.05) is 27.7 Å². The fraction of sp³-hybridized carbons (Fsp3) is 0.278. The lowest BCUT2D eigenvalue weighted by molar-refractivity contribution is -0.118. The van der Waals surface area contributed by atoms with Gasteiger partial charge in [0.05, 0.1) is 5.70 Å². The summed E-state index contributed by atoms with van der Waals surface area (Å²) in [6.45, 7) is 0. The van der Waals surface area contributed by atoms with Crippen LogP contribution in [0, 0.1) is 0 Å². The standard InChI is InChI=1S/C18H16ClNOS/c19-14-4-3-5-15(10-14)20-16(13-6-9-22-12-13)11-17(21)18(20)7-1-2-8-18/h3-6,9-12H,1-2,7-8H2. The van der Waals surface area contributed by atoms with Crippen LogP contribution < -0.4 is 4.90 Å². The van der Waals surface area contributed by atoms with E-state index in [9.17, 15) is 4.79 Å². The van der Waals surface area contributed by atoms with Crippen molar-refractivity contribution in [3.05, 3.63) is 57.8 Å². The average Bonchev–Trinajstić information content (AvgIpc) is 3.23. The van der Waals surface area contributed by atoms with Crippen LogP contribution >= 0.6 is 22.9 Å². The molecule has 0 bridgehead atoms. The van der Waals surface area contributed by atoms with Crippen LogP contribution in [0.5, 0.6) is 0 Å². The van der Waals surface area contributed by atoms with Crippen LogP contribution in [0.15, 0.2) is 47.2 Å². The summed E-state index contributed by atoms with van der Waals surface area (Å²) in [5, 5.41) is 4.86. The Morgan fingerprint density at radius 3 is 2.68 bits per heavy atom. The zero-order chi connectivity index (χ0) is 15.2. The maximum atomic E-state index is 12.8. The van der Waals surface area contributed by atoms with E-state index in [0.717, 1.165) is 42.6 Å². The van der Waals surface area contributed by atoms with Gasteiger partial charge < -0.3 is 4.90 Å². The molecule has 1 spiro atoms. The zero-order valence-electron chi connectivity index (χ0n) is 12.1. The van der Waals surface area contributed by atoms with Crippen molar-refractivity contribution >= 4 is 40.1 Å². The zero-order valence-corrected chi connectivity index (χ0v) is 13.7. The fourth-order valence-electron chi connectivity index (χ4n) is 3.72. The molecule has 2 heterocycles. The minimum Gasteiger partial charge on any atom is -0.327 e. The molecule has 1 aliphatic heterocycles. The van der Waals surface area contributed by atoms with E-state index in [1.807, 2.05) is 30.3 Å². The van der Waals surface area contributed by atoms with Crippen LogP contribution in [0.3, 0.4) is 0 Å². The second kappa shape index (κ2) is 5.25. The third kappa shape index (κ3) is 2.03. The van der Waals surface area contributed by atoms with Crippen LogP contribution in [0.1, 0.15) is 31.2 Å². The number of halogens is 1. The van der Waals surface area contributed by atoms with Crippen molar-refractivity contribution in [2.75, 3.05) is 4.90 Å². The third-order valence-electron chi connectivity index (χ3n) is 4.71.